The zero-order valence-electron chi connectivity index (χ0n) is 9.13. The van der Waals surface area contributed by atoms with Crippen molar-refractivity contribution in [2.45, 2.75) is 12.5 Å². The Bertz CT molecular complexity index is 326. The van der Waals surface area contributed by atoms with Crippen LogP contribution in [0.25, 0.3) is 0 Å². The van der Waals surface area contributed by atoms with E-state index in [1.54, 1.807) is 11.3 Å². The molecule has 6 heteroatoms. The van der Waals surface area contributed by atoms with Gasteiger partial charge in [0.2, 0.25) is 0 Å². The SMILES string of the molecule is NCC(O)Cc1cnc(N2CCOCC2)s1. The van der Waals surface area contributed by atoms with E-state index < -0.39 is 6.10 Å². The molecule has 1 aromatic rings. The molecule has 1 aromatic heterocycles. The Kier molecular flexibility index (Phi) is 4.11. The van der Waals surface area contributed by atoms with Crippen LogP contribution in [0.2, 0.25) is 0 Å². The first-order valence-electron chi connectivity index (χ1n) is 5.45. The van der Waals surface area contributed by atoms with Crippen LogP contribution in [-0.2, 0) is 11.2 Å². The van der Waals surface area contributed by atoms with Crippen LogP contribution in [0.3, 0.4) is 0 Å². The van der Waals surface area contributed by atoms with Gasteiger partial charge >= 0.3 is 0 Å². The summed E-state index contributed by atoms with van der Waals surface area (Å²) in [6.07, 6.45) is 1.96. The molecule has 5 nitrogen and oxygen atoms in total. The lowest BCUT2D eigenvalue weighted by atomic mass is 10.2. The minimum atomic E-state index is -0.460. The molecule has 1 atom stereocenters. The molecule has 0 bridgehead atoms. The van der Waals surface area contributed by atoms with Crippen LogP contribution in [0.15, 0.2) is 6.20 Å². The first-order valence-corrected chi connectivity index (χ1v) is 6.27. The van der Waals surface area contributed by atoms with Crippen molar-refractivity contribution >= 4 is 16.5 Å². The first-order chi connectivity index (χ1) is 7.79. The van der Waals surface area contributed by atoms with Gasteiger partial charge in [0.25, 0.3) is 0 Å². The molecule has 90 valence electrons. The topological polar surface area (TPSA) is 71.6 Å². The average molecular weight is 243 g/mol. The molecule has 0 aromatic carbocycles. The number of ether oxygens (including phenoxy) is 1. The molecule has 0 radical (unpaired) electrons. The van der Waals surface area contributed by atoms with Crippen molar-refractivity contribution in [2.24, 2.45) is 5.73 Å². The molecule has 1 aliphatic heterocycles. The van der Waals surface area contributed by atoms with Crippen LogP contribution in [0, 0.1) is 0 Å². The number of hydrogen-bond acceptors (Lipinski definition) is 6. The van der Waals surface area contributed by atoms with E-state index in [0.29, 0.717) is 13.0 Å². The summed E-state index contributed by atoms with van der Waals surface area (Å²) in [6, 6.07) is 0. The van der Waals surface area contributed by atoms with Gasteiger partial charge in [-0.05, 0) is 0 Å². The van der Waals surface area contributed by atoms with Gasteiger partial charge in [-0.3, -0.25) is 0 Å². The first kappa shape index (κ1) is 11.8. The Labute approximate surface area is 98.8 Å². The van der Waals surface area contributed by atoms with Gasteiger partial charge in [0.15, 0.2) is 5.13 Å². The Morgan fingerprint density at radius 1 is 1.56 bits per heavy atom. The van der Waals surface area contributed by atoms with E-state index in [2.05, 4.69) is 9.88 Å². The summed E-state index contributed by atoms with van der Waals surface area (Å²) >= 11 is 1.63. The maximum atomic E-state index is 9.45. The van der Waals surface area contributed by atoms with E-state index in [-0.39, 0.29) is 0 Å². The number of hydrogen-bond donors (Lipinski definition) is 2. The standard InChI is InChI=1S/C10H17N3O2S/c11-6-8(14)5-9-7-12-10(16-9)13-1-3-15-4-2-13/h7-8,14H,1-6,11H2. The van der Waals surface area contributed by atoms with Crippen molar-refractivity contribution in [1.82, 2.24) is 4.98 Å². The highest BCUT2D eigenvalue weighted by Gasteiger charge is 2.15. The summed E-state index contributed by atoms with van der Waals surface area (Å²) in [5.74, 6) is 0. The fourth-order valence-corrected chi connectivity index (χ4v) is 2.64. The maximum Gasteiger partial charge on any atom is 0.185 e. The maximum absolute atomic E-state index is 9.45. The molecule has 1 aliphatic rings. The molecule has 3 N–H and O–H groups in total. The van der Waals surface area contributed by atoms with E-state index in [1.165, 1.54) is 0 Å². The summed E-state index contributed by atoms with van der Waals surface area (Å²) in [4.78, 5) is 7.66. The molecule has 2 heterocycles. The van der Waals surface area contributed by atoms with Crippen LogP contribution in [0.4, 0.5) is 5.13 Å². The highest BCUT2D eigenvalue weighted by Crippen LogP contribution is 2.24. The second-order valence-electron chi connectivity index (χ2n) is 3.80. The van der Waals surface area contributed by atoms with Gasteiger partial charge in [-0.2, -0.15) is 0 Å². The zero-order chi connectivity index (χ0) is 11.4. The minimum absolute atomic E-state index is 0.296. The monoisotopic (exact) mass is 243 g/mol. The van der Waals surface area contributed by atoms with E-state index in [0.717, 1.165) is 36.3 Å². The number of morpholine rings is 1. The van der Waals surface area contributed by atoms with Gasteiger partial charge in [-0.1, -0.05) is 0 Å². The van der Waals surface area contributed by atoms with Crippen molar-refractivity contribution in [3.05, 3.63) is 11.1 Å². The summed E-state index contributed by atoms with van der Waals surface area (Å²) in [5.41, 5.74) is 5.38. The number of rotatable bonds is 4. The number of nitrogens with two attached hydrogens (primary N) is 1. The fraction of sp³-hybridized carbons (Fsp3) is 0.700. The predicted octanol–water partition coefficient (Wildman–Crippen LogP) is -0.158. The number of aliphatic hydroxyl groups excluding tert-OH is 1. The van der Waals surface area contributed by atoms with Crippen molar-refractivity contribution in [1.29, 1.82) is 0 Å². The Hall–Kier alpha value is -0.690. The van der Waals surface area contributed by atoms with E-state index in [4.69, 9.17) is 10.5 Å². The molecule has 1 saturated heterocycles. The summed E-state index contributed by atoms with van der Waals surface area (Å²) in [5, 5.41) is 10.5. The normalized spacial score (nSPS) is 18.8. The minimum Gasteiger partial charge on any atom is -0.391 e. The molecule has 0 aliphatic carbocycles. The highest BCUT2D eigenvalue weighted by molar-refractivity contribution is 7.15. The molecular weight excluding hydrogens is 226 g/mol. The number of aliphatic hydroxyl groups is 1. The molecule has 1 fully saturated rings. The Balaban J connectivity index is 1.95. The predicted molar refractivity (Wildman–Crippen MR) is 63.9 cm³/mol. The van der Waals surface area contributed by atoms with Crippen LogP contribution in [0.1, 0.15) is 4.88 Å². The van der Waals surface area contributed by atoms with E-state index in [1.807, 2.05) is 6.20 Å². The lowest BCUT2D eigenvalue weighted by Gasteiger charge is -2.26. The van der Waals surface area contributed by atoms with Crippen LogP contribution in [-0.4, -0.2) is 49.0 Å². The average Bonchev–Trinajstić information content (AvgIpc) is 2.78. The Morgan fingerprint density at radius 3 is 3.00 bits per heavy atom. The Morgan fingerprint density at radius 2 is 2.31 bits per heavy atom. The highest BCUT2D eigenvalue weighted by atomic mass is 32.1. The van der Waals surface area contributed by atoms with Gasteiger partial charge < -0.3 is 20.5 Å². The van der Waals surface area contributed by atoms with Crippen molar-refractivity contribution in [2.75, 3.05) is 37.7 Å². The van der Waals surface area contributed by atoms with E-state index in [9.17, 15) is 5.11 Å². The van der Waals surface area contributed by atoms with Gasteiger partial charge in [0.1, 0.15) is 0 Å². The summed E-state index contributed by atoms with van der Waals surface area (Å²) in [6.45, 7) is 3.62. The molecule has 0 amide bonds. The number of nitrogens with zero attached hydrogens (tertiary/aromatic N) is 2. The van der Waals surface area contributed by atoms with E-state index >= 15 is 0 Å². The van der Waals surface area contributed by atoms with Gasteiger partial charge in [0.05, 0.1) is 19.3 Å². The van der Waals surface area contributed by atoms with Crippen LogP contribution >= 0.6 is 11.3 Å². The molecule has 0 spiro atoms. The molecule has 1 unspecified atom stereocenters. The third-order valence-electron chi connectivity index (χ3n) is 2.53. The number of anilines is 1. The third-order valence-corrected chi connectivity index (χ3v) is 3.61. The second-order valence-corrected chi connectivity index (χ2v) is 4.90. The van der Waals surface area contributed by atoms with Crippen molar-refractivity contribution < 1.29 is 9.84 Å². The fourth-order valence-electron chi connectivity index (χ4n) is 1.61. The largest absolute Gasteiger partial charge is 0.391 e. The third kappa shape index (κ3) is 2.91. The molecule has 0 saturated carbocycles. The molecule has 2 rings (SSSR count). The summed E-state index contributed by atoms with van der Waals surface area (Å²) < 4.78 is 5.29. The van der Waals surface area contributed by atoms with Gasteiger partial charge in [-0.25, -0.2) is 4.98 Å². The lowest BCUT2D eigenvalue weighted by molar-refractivity contribution is 0.122. The lowest BCUT2D eigenvalue weighted by Crippen LogP contribution is -2.36. The van der Waals surface area contributed by atoms with Gasteiger partial charge in [-0.15, -0.1) is 11.3 Å². The van der Waals surface area contributed by atoms with Crippen molar-refractivity contribution in [3.8, 4) is 0 Å². The van der Waals surface area contributed by atoms with Crippen LogP contribution < -0.4 is 10.6 Å². The number of aromatic nitrogens is 1. The molecule has 16 heavy (non-hydrogen) atoms. The number of thiazole rings is 1. The zero-order valence-corrected chi connectivity index (χ0v) is 9.95. The second kappa shape index (κ2) is 5.58. The van der Waals surface area contributed by atoms with Crippen molar-refractivity contribution in [3.63, 3.8) is 0 Å². The van der Waals surface area contributed by atoms with Crippen LogP contribution in [0.5, 0.6) is 0 Å². The summed E-state index contributed by atoms with van der Waals surface area (Å²) in [7, 11) is 0. The smallest absolute Gasteiger partial charge is 0.185 e. The van der Waals surface area contributed by atoms with Gasteiger partial charge in [0, 0.05) is 37.1 Å². The quantitative estimate of drug-likeness (QED) is 0.769. The molecular formula is C10H17N3O2S.